The van der Waals surface area contributed by atoms with E-state index in [9.17, 15) is 9.18 Å². The Hall–Kier alpha value is -2.04. The SMILES string of the molecule is COc1ccc2[nH]cc(C(C)CC(=O)N3C4CC5CC3CC(F)(C5)C4)c2c1.[HH]. The van der Waals surface area contributed by atoms with E-state index in [0.29, 0.717) is 25.2 Å². The third-order valence-corrected chi connectivity index (χ3v) is 7.08. The maximum Gasteiger partial charge on any atom is 0.223 e. The molecule has 2 aliphatic carbocycles. The smallest absolute Gasteiger partial charge is 0.223 e. The summed E-state index contributed by atoms with van der Waals surface area (Å²) in [5.74, 6) is 1.60. The summed E-state index contributed by atoms with van der Waals surface area (Å²) < 4.78 is 20.3. The van der Waals surface area contributed by atoms with Crippen LogP contribution in [0.3, 0.4) is 0 Å². The number of alkyl halides is 1. The number of piperidine rings is 2. The number of fused-ring (bicyclic) bond motifs is 1. The molecule has 5 heteroatoms. The summed E-state index contributed by atoms with van der Waals surface area (Å²) in [6.07, 6.45) is 6.27. The van der Waals surface area contributed by atoms with Crippen LogP contribution in [0.15, 0.2) is 24.4 Å². The van der Waals surface area contributed by atoms with Crippen LogP contribution in [0.4, 0.5) is 4.39 Å². The number of hydrogen-bond donors (Lipinski definition) is 1. The largest absolute Gasteiger partial charge is 0.497 e. The number of nitrogens with zero attached hydrogens (tertiary/aromatic N) is 1. The molecule has 2 aromatic rings. The number of nitrogens with one attached hydrogen (secondary N) is 1. The second-order valence-corrected chi connectivity index (χ2v) is 8.97. The zero-order chi connectivity index (χ0) is 18.8. The van der Waals surface area contributed by atoms with Crippen LogP contribution in [0.2, 0.25) is 0 Å². The van der Waals surface area contributed by atoms with Crippen molar-refractivity contribution in [3.63, 3.8) is 0 Å². The minimum absolute atomic E-state index is 0. The molecule has 6 rings (SSSR count). The average Bonchev–Trinajstić information content (AvgIpc) is 3.02. The van der Waals surface area contributed by atoms with Gasteiger partial charge in [-0.15, -0.1) is 0 Å². The number of methoxy groups -OCH3 is 1. The summed E-state index contributed by atoms with van der Waals surface area (Å²) in [7, 11) is 1.66. The number of rotatable bonds is 4. The van der Waals surface area contributed by atoms with E-state index in [-0.39, 0.29) is 25.3 Å². The highest BCUT2D eigenvalue weighted by Gasteiger charge is 2.56. The fourth-order valence-corrected chi connectivity index (χ4v) is 6.07. The Labute approximate surface area is 160 Å². The van der Waals surface area contributed by atoms with E-state index < -0.39 is 5.67 Å². The molecule has 1 aromatic heterocycles. The Balaban J connectivity index is 0.00000192. The molecule has 3 unspecified atom stereocenters. The van der Waals surface area contributed by atoms with Gasteiger partial charge in [-0.1, -0.05) is 6.92 Å². The van der Waals surface area contributed by atoms with Crippen LogP contribution in [0.1, 0.15) is 58.4 Å². The lowest BCUT2D eigenvalue weighted by molar-refractivity contribution is -0.160. The van der Waals surface area contributed by atoms with E-state index in [4.69, 9.17) is 4.74 Å². The van der Waals surface area contributed by atoms with Gasteiger partial charge in [-0.2, -0.15) is 0 Å². The molecule has 4 nitrogen and oxygen atoms in total. The summed E-state index contributed by atoms with van der Waals surface area (Å²) in [5, 5.41) is 1.11. The molecule has 4 bridgehead atoms. The Morgan fingerprint density at radius 1 is 1.37 bits per heavy atom. The van der Waals surface area contributed by atoms with Gasteiger partial charge in [0.05, 0.1) is 7.11 Å². The molecule has 4 aliphatic rings. The van der Waals surface area contributed by atoms with Gasteiger partial charge in [0.1, 0.15) is 11.4 Å². The molecule has 1 aromatic carbocycles. The van der Waals surface area contributed by atoms with Gasteiger partial charge in [0.15, 0.2) is 0 Å². The summed E-state index contributed by atoms with van der Waals surface area (Å²) in [6, 6.07) is 6.20. The van der Waals surface area contributed by atoms with Crippen molar-refractivity contribution in [3.05, 3.63) is 30.0 Å². The number of H-pyrrole nitrogens is 1. The standard InChI is InChI=1S/C22H27FN2O2.H2/c1-13(19-12-24-20-4-3-17(27-2)8-18(19)20)5-21(26)25-15-6-14-7-16(25)11-22(23,9-14)10-15;/h3-4,8,12-16,24H,5-7,9-11H2,1-2H3;1H. The summed E-state index contributed by atoms with van der Waals surface area (Å²) >= 11 is 0. The van der Waals surface area contributed by atoms with E-state index in [2.05, 4.69) is 16.8 Å². The Kier molecular flexibility index (Phi) is 3.78. The normalized spacial score (nSPS) is 32.9. The van der Waals surface area contributed by atoms with Crippen molar-refractivity contribution in [1.29, 1.82) is 0 Å². The van der Waals surface area contributed by atoms with Gasteiger partial charge >= 0.3 is 0 Å². The maximum atomic E-state index is 14.9. The lowest BCUT2D eigenvalue weighted by atomic mass is 9.62. The van der Waals surface area contributed by atoms with Gasteiger partial charge in [0.2, 0.25) is 5.91 Å². The molecule has 27 heavy (non-hydrogen) atoms. The third kappa shape index (κ3) is 2.74. The summed E-state index contributed by atoms with van der Waals surface area (Å²) in [4.78, 5) is 18.5. The zero-order valence-corrected chi connectivity index (χ0v) is 16.0. The van der Waals surface area contributed by atoms with E-state index in [1.165, 1.54) is 0 Å². The Bertz CT molecular complexity index is 882. The lowest BCUT2D eigenvalue weighted by Gasteiger charge is -2.58. The van der Waals surface area contributed by atoms with Crippen molar-refractivity contribution in [2.45, 2.75) is 69.1 Å². The molecule has 3 atom stereocenters. The van der Waals surface area contributed by atoms with Crippen LogP contribution in [-0.2, 0) is 4.79 Å². The highest BCUT2D eigenvalue weighted by molar-refractivity contribution is 5.86. The van der Waals surface area contributed by atoms with Crippen molar-refractivity contribution in [2.24, 2.45) is 5.92 Å². The van der Waals surface area contributed by atoms with Gasteiger partial charge in [-0.3, -0.25) is 4.79 Å². The molecule has 4 fully saturated rings. The van der Waals surface area contributed by atoms with Crippen molar-refractivity contribution < 1.29 is 15.3 Å². The first-order valence-electron chi connectivity index (χ1n) is 10.1. The van der Waals surface area contributed by atoms with Crippen LogP contribution >= 0.6 is 0 Å². The van der Waals surface area contributed by atoms with Crippen molar-refractivity contribution >= 4 is 16.8 Å². The molecule has 0 spiro atoms. The highest BCUT2D eigenvalue weighted by atomic mass is 19.1. The van der Waals surface area contributed by atoms with E-state index in [1.54, 1.807) is 7.11 Å². The van der Waals surface area contributed by atoms with Crippen LogP contribution in [0, 0.1) is 5.92 Å². The molecule has 2 saturated carbocycles. The quantitative estimate of drug-likeness (QED) is 0.838. The first-order chi connectivity index (χ1) is 13.0. The fourth-order valence-electron chi connectivity index (χ4n) is 6.07. The van der Waals surface area contributed by atoms with E-state index in [1.807, 2.05) is 24.4 Å². The molecule has 1 N–H and O–H groups in total. The molecule has 2 aliphatic heterocycles. The minimum atomic E-state index is -1.01. The first kappa shape index (κ1) is 17.1. The third-order valence-electron chi connectivity index (χ3n) is 7.08. The summed E-state index contributed by atoms with van der Waals surface area (Å²) in [5.41, 5.74) is 1.19. The number of carbonyl (C=O) groups is 1. The number of hydrogen-bond acceptors (Lipinski definition) is 2. The zero-order valence-electron chi connectivity index (χ0n) is 16.0. The monoisotopic (exact) mass is 372 g/mol. The van der Waals surface area contributed by atoms with Crippen molar-refractivity contribution in [1.82, 2.24) is 9.88 Å². The average molecular weight is 372 g/mol. The summed E-state index contributed by atoms with van der Waals surface area (Å²) in [6.45, 7) is 2.10. The maximum absolute atomic E-state index is 14.9. The minimum Gasteiger partial charge on any atom is -0.497 e. The van der Waals surface area contributed by atoms with E-state index in [0.717, 1.165) is 41.5 Å². The van der Waals surface area contributed by atoms with Gasteiger partial charge in [-0.05, 0) is 54.9 Å². The number of aromatic amines is 1. The predicted octanol–water partition coefficient (Wildman–Crippen LogP) is 4.80. The van der Waals surface area contributed by atoms with Gasteiger partial charge < -0.3 is 14.6 Å². The van der Waals surface area contributed by atoms with Crippen LogP contribution in [0.25, 0.3) is 10.9 Å². The van der Waals surface area contributed by atoms with Crippen molar-refractivity contribution in [2.75, 3.05) is 7.11 Å². The van der Waals surface area contributed by atoms with Crippen LogP contribution in [0.5, 0.6) is 5.75 Å². The fraction of sp³-hybridized carbons (Fsp3) is 0.591. The molecular weight excluding hydrogens is 343 g/mol. The Morgan fingerprint density at radius 2 is 2.11 bits per heavy atom. The highest BCUT2D eigenvalue weighted by Crippen LogP contribution is 2.53. The predicted molar refractivity (Wildman–Crippen MR) is 105 cm³/mol. The number of amides is 1. The number of aromatic nitrogens is 1. The Morgan fingerprint density at radius 3 is 2.78 bits per heavy atom. The molecule has 1 amide bonds. The molecular formula is C22H29FN2O2. The van der Waals surface area contributed by atoms with Gasteiger partial charge in [0.25, 0.3) is 0 Å². The first-order valence-corrected chi connectivity index (χ1v) is 10.1. The molecule has 0 radical (unpaired) electrons. The van der Waals surface area contributed by atoms with Crippen LogP contribution < -0.4 is 4.74 Å². The van der Waals surface area contributed by atoms with Crippen molar-refractivity contribution in [3.8, 4) is 5.75 Å². The molecule has 2 saturated heterocycles. The second kappa shape index (κ2) is 5.98. The number of halogens is 1. The number of ether oxygens (including phenoxy) is 1. The van der Waals surface area contributed by atoms with E-state index >= 15 is 0 Å². The molecule has 3 heterocycles. The van der Waals surface area contributed by atoms with Gasteiger partial charge in [0, 0.05) is 49.9 Å². The van der Waals surface area contributed by atoms with Crippen LogP contribution in [-0.4, -0.2) is 40.7 Å². The topological polar surface area (TPSA) is 45.3 Å². The second-order valence-electron chi connectivity index (χ2n) is 8.97. The number of benzene rings is 1. The van der Waals surface area contributed by atoms with Gasteiger partial charge in [-0.25, -0.2) is 4.39 Å². The molecule has 146 valence electrons. The number of carbonyl (C=O) groups excluding carboxylic acids is 1. The lowest BCUT2D eigenvalue weighted by Crippen LogP contribution is -2.64.